The van der Waals surface area contributed by atoms with Gasteiger partial charge in [-0.15, -0.1) is 0 Å². The fourth-order valence-electron chi connectivity index (χ4n) is 2.18. The van der Waals surface area contributed by atoms with E-state index in [0.29, 0.717) is 11.9 Å². The number of rotatable bonds is 6. The highest BCUT2D eigenvalue weighted by molar-refractivity contribution is 5.49. The molecule has 0 radical (unpaired) electrons. The van der Waals surface area contributed by atoms with E-state index in [2.05, 4.69) is 41.2 Å². The minimum absolute atomic E-state index is 0.528. The normalized spacial score (nSPS) is 16.4. The average molecular weight is 249 g/mol. The van der Waals surface area contributed by atoms with Gasteiger partial charge in [-0.1, -0.05) is 6.92 Å². The zero-order valence-electron chi connectivity index (χ0n) is 11.5. The van der Waals surface area contributed by atoms with Crippen LogP contribution < -0.4 is 16.2 Å². The predicted molar refractivity (Wildman–Crippen MR) is 74.4 cm³/mol. The molecule has 1 saturated carbocycles. The summed E-state index contributed by atoms with van der Waals surface area (Å²) in [5.41, 5.74) is 2.63. The highest BCUT2D eigenvalue weighted by Gasteiger charge is 2.31. The van der Waals surface area contributed by atoms with E-state index in [1.807, 2.05) is 6.07 Å². The van der Waals surface area contributed by atoms with Gasteiger partial charge in [0.1, 0.15) is 17.5 Å². The highest BCUT2D eigenvalue weighted by Crippen LogP contribution is 2.36. The van der Waals surface area contributed by atoms with Gasteiger partial charge in [0.2, 0.25) is 0 Å². The summed E-state index contributed by atoms with van der Waals surface area (Å²) in [6.07, 6.45) is 4.59. The lowest BCUT2D eigenvalue weighted by Gasteiger charge is -2.26. The summed E-state index contributed by atoms with van der Waals surface area (Å²) in [6.45, 7) is 4.39. The molecule has 0 bridgehead atoms. The topological polar surface area (TPSA) is 67.1 Å². The Morgan fingerprint density at radius 1 is 1.50 bits per heavy atom. The third-order valence-electron chi connectivity index (χ3n) is 3.66. The van der Waals surface area contributed by atoms with Crippen molar-refractivity contribution in [2.24, 2.45) is 11.8 Å². The van der Waals surface area contributed by atoms with Crippen molar-refractivity contribution in [2.45, 2.75) is 45.6 Å². The lowest BCUT2D eigenvalue weighted by molar-refractivity contribution is 0.601. The van der Waals surface area contributed by atoms with E-state index in [9.17, 15) is 0 Å². The van der Waals surface area contributed by atoms with Crippen LogP contribution >= 0.6 is 0 Å². The summed E-state index contributed by atoms with van der Waals surface area (Å²) in [4.78, 5) is 11.2. The maximum Gasteiger partial charge on any atom is 0.145 e. The Hall–Kier alpha value is -1.36. The van der Waals surface area contributed by atoms with Crippen LogP contribution in [0.15, 0.2) is 6.07 Å². The standard InChI is InChI=1S/C13H23N5/c1-4-5-11-15-12(17-14)8-13(16-11)18(3)9(2)10-6-7-10/h8-10H,4-7,14H2,1-3H3,(H,15,16,17). The van der Waals surface area contributed by atoms with E-state index >= 15 is 0 Å². The molecule has 0 spiro atoms. The Bertz CT molecular complexity index is 402. The first-order chi connectivity index (χ1) is 8.65. The summed E-state index contributed by atoms with van der Waals surface area (Å²) in [7, 11) is 2.10. The average Bonchev–Trinajstić information content (AvgIpc) is 3.21. The second-order valence-corrected chi connectivity index (χ2v) is 5.11. The van der Waals surface area contributed by atoms with Gasteiger partial charge in [-0.2, -0.15) is 0 Å². The molecule has 5 heteroatoms. The number of aromatic nitrogens is 2. The highest BCUT2D eigenvalue weighted by atomic mass is 15.3. The number of hydrazine groups is 1. The van der Waals surface area contributed by atoms with E-state index in [1.165, 1.54) is 12.8 Å². The summed E-state index contributed by atoms with van der Waals surface area (Å²) < 4.78 is 0. The van der Waals surface area contributed by atoms with E-state index < -0.39 is 0 Å². The summed E-state index contributed by atoms with van der Waals surface area (Å²) in [5.74, 6) is 8.80. The van der Waals surface area contributed by atoms with Gasteiger partial charge in [-0.25, -0.2) is 15.8 Å². The molecular weight excluding hydrogens is 226 g/mol. The lowest BCUT2D eigenvalue weighted by atomic mass is 10.2. The zero-order valence-corrected chi connectivity index (χ0v) is 11.5. The van der Waals surface area contributed by atoms with Crippen molar-refractivity contribution in [2.75, 3.05) is 17.4 Å². The molecule has 5 nitrogen and oxygen atoms in total. The van der Waals surface area contributed by atoms with Gasteiger partial charge >= 0.3 is 0 Å². The lowest BCUT2D eigenvalue weighted by Crippen LogP contribution is -2.31. The maximum absolute atomic E-state index is 5.47. The Labute approximate surface area is 109 Å². The van der Waals surface area contributed by atoms with Gasteiger partial charge in [0.05, 0.1) is 0 Å². The molecule has 2 rings (SSSR count). The number of aryl methyl sites for hydroxylation is 1. The Morgan fingerprint density at radius 2 is 2.22 bits per heavy atom. The summed E-state index contributed by atoms with van der Waals surface area (Å²) in [6, 6.07) is 2.44. The SMILES string of the molecule is CCCc1nc(NN)cc(N(C)C(C)C2CC2)n1. The van der Waals surface area contributed by atoms with E-state index in [4.69, 9.17) is 5.84 Å². The Balaban J connectivity index is 2.21. The second kappa shape index (κ2) is 5.52. The van der Waals surface area contributed by atoms with Crippen LogP contribution in [0.3, 0.4) is 0 Å². The van der Waals surface area contributed by atoms with Crippen LogP contribution in [0.1, 0.15) is 38.9 Å². The molecule has 1 atom stereocenters. The first-order valence-electron chi connectivity index (χ1n) is 6.73. The third-order valence-corrected chi connectivity index (χ3v) is 3.66. The van der Waals surface area contributed by atoms with Crippen molar-refractivity contribution in [1.29, 1.82) is 0 Å². The first kappa shape index (κ1) is 13.1. The fourth-order valence-corrected chi connectivity index (χ4v) is 2.18. The Kier molecular flexibility index (Phi) is 4.01. The van der Waals surface area contributed by atoms with Crippen LogP contribution in [0.25, 0.3) is 0 Å². The molecular formula is C13H23N5. The van der Waals surface area contributed by atoms with Gasteiger partial charge in [0.25, 0.3) is 0 Å². The smallest absolute Gasteiger partial charge is 0.145 e. The number of nitrogens with one attached hydrogen (secondary N) is 1. The van der Waals surface area contributed by atoms with Crippen LogP contribution in [-0.4, -0.2) is 23.1 Å². The van der Waals surface area contributed by atoms with Gasteiger partial charge in [-0.05, 0) is 32.1 Å². The largest absolute Gasteiger partial charge is 0.357 e. The number of hydrogen-bond donors (Lipinski definition) is 2. The van der Waals surface area contributed by atoms with Crippen LogP contribution in [0.2, 0.25) is 0 Å². The van der Waals surface area contributed by atoms with Crippen LogP contribution in [0.5, 0.6) is 0 Å². The molecule has 1 aliphatic carbocycles. The first-order valence-corrected chi connectivity index (χ1v) is 6.73. The minimum Gasteiger partial charge on any atom is -0.357 e. The number of nitrogens with two attached hydrogens (primary N) is 1. The van der Waals surface area contributed by atoms with Gasteiger partial charge in [0, 0.05) is 25.6 Å². The summed E-state index contributed by atoms with van der Waals surface area (Å²) >= 11 is 0. The molecule has 1 aromatic heterocycles. The van der Waals surface area contributed by atoms with Gasteiger partial charge in [0.15, 0.2) is 0 Å². The van der Waals surface area contributed by atoms with Gasteiger partial charge < -0.3 is 10.3 Å². The minimum atomic E-state index is 0.528. The van der Waals surface area contributed by atoms with Crippen molar-refractivity contribution in [3.05, 3.63) is 11.9 Å². The molecule has 18 heavy (non-hydrogen) atoms. The molecule has 0 aliphatic heterocycles. The molecule has 1 unspecified atom stereocenters. The molecule has 0 aromatic carbocycles. The Morgan fingerprint density at radius 3 is 2.78 bits per heavy atom. The van der Waals surface area contributed by atoms with Crippen molar-refractivity contribution in [3.8, 4) is 0 Å². The monoisotopic (exact) mass is 249 g/mol. The van der Waals surface area contributed by atoms with E-state index in [-0.39, 0.29) is 0 Å². The van der Waals surface area contributed by atoms with Crippen molar-refractivity contribution in [1.82, 2.24) is 9.97 Å². The van der Waals surface area contributed by atoms with Crippen LogP contribution in [0.4, 0.5) is 11.6 Å². The van der Waals surface area contributed by atoms with Crippen molar-refractivity contribution in [3.63, 3.8) is 0 Å². The number of hydrogen-bond acceptors (Lipinski definition) is 5. The number of nitrogen functional groups attached to an aromatic ring is 1. The molecule has 1 heterocycles. The summed E-state index contributed by atoms with van der Waals surface area (Å²) in [5, 5.41) is 0. The molecule has 3 N–H and O–H groups in total. The van der Waals surface area contributed by atoms with Crippen molar-refractivity contribution >= 4 is 11.6 Å². The van der Waals surface area contributed by atoms with Crippen LogP contribution in [-0.2, 0) is 6.42 Å². The molecule has 0 saturated heterocycles. The third kappa shape index (κ3) is 2.90. The molecule has 100 valence electrons. The van der Waals surface area contributed by atoms with E-state index in [0.717, 1.165) is 30.4 Å². The molecule has 1 aliphatic rings. The molecule has 1 aromatic rings. The number of nitrogens with zero attached hydrogens (tertiary/aromatic N) is 3. The van der Waals surface area contributed by atoms with Crippen LogP contribution in [0, 0.1) is 5.92 Å². The zero-order chi connectivity index (χ0) is 13.1. The molecule has 0 amide bonds. The predicted octanol–water partition coefficient (Wildman–Crippen LogP) is 1.95. The van der Waals surface area contributed by atoms with Crippen molar-refractivity contribution < 1.29 is 0 Å². The molecule has 1 fully saturated rings. The quantitative estimate of drug-likeness (QED) is 0.596. The maximum atomic E-state index is 5.47. The fraction of sp³-hybridized carbons (Fsp3) is 0.692. The second-order valence-electron chi connectivity index (χ2n) is 5.11. The van der Waals surface area contributed by atoms with E-state index in [1.54, 1.807) is 0 Å². The number of anilines is 2. The van der Waals surface area contributed by atoms with Gasteiger partial charge in [-0.3, -0.25) is 0 Å².